The molecule has 28 heavy (non-hydrogen) atoms. The van der Waals surface area contributed by atoms with Gasteiger partial charge < -0.3 is 19.7 Å². The Labute approximate surface area is 175 Å². The number of benzene rings is 1. The van der Waals surface area contributed by atoms with E-state index in [1.807, 2.05) is 24.3 Å². The molecule has 1 aromatic rings. The highest BCUT2D eigenvalue weighted by Gasteiger charge is 2.34. The predicted octanol–water partition coefficient (Wildman–Crippen LogP) is 3.46. The van der Waals surface area contributed by atoms with E-state index < -0.39 is 12.2 Å². The number of aliphatic hydroxyl groups excluding tert-OH is 2. The highest BCUT2D eigenvalue weighted by atomic mass is 28.1. The Kier molecular flexibility index (Phi) is 8.44. The second-order valence-corrected chi connectivity index (χ2v) is 9.23. The molecule has 2 aliphatic carbocycles. The molecule has 2 aliphatic rings. The van der Waals surface area contributed by atoms with Gasteiger partial charge in [-0.05, 0) is 62.5 Å². The standard InChI is InChI=1S/C22H32O4Si2/c23-21-15(10-12-27)4-1-8-19(21)25-17-6-3-7-18(14-17)26-20-9-2-5-16(11-13-28)22(20)24/h3,6-7,14-16,19-24H,1-2,4-5,8-13H2. The van der Waals surface area contributed by atoms with Crippen molar-refractivity contribution in [1.29, 1.82) is 0 Å². The molecule has 0 aliphatic heterocycles. The van der Waals surface area contributed by atoms with Gasteiger partial charge in [0.1, 0.15) is 23.7 Å². The van der Waals surface area contributed by atoms with Gasteiger partial charge in [0.15, 0.2) is 0 Å². The van der Waals surface area contributed by atoms with E-state index in [1.54, 1.807) is 0 Å². The summed E-state index contributed by atoms with van der Waals surface area (Å²) in [5.74, 6) is 2.03. The molecule has 1 aromatic carbocycles. The second-order valence-electron chi connectivity index (χ2n) is 8.23. The van der Waals surface area contributed by atoms with Gasteiger partial charge in [-0.1, -0.05) is 31.0 Å². The Bertz CT molecular complexity index is 548. The fourth-order valence-electron chi connectivity index (χ4n) is 4.68. The summed E-state index contributed by atoms with van der Waals surface area (Å²) in [5, 5.41) is 21.3. The summed E-state index contributed by atoms with van der Waals surface area (Å²) in [4.78, 5) is 0. The normalized spacial score (nSPS) is 33.4. The SMILES string of the molecule is OC1C(CC[Si])CCCC1Oc1cccc(OC2CCCC(CC[Si])C2O)c1. The molecule has 0 bridgehead atoms. The fourth-order valence-corrected chi connectivity index (χ4v) is 5.42. The smallest absolute Gasteiger partial charge is 0.125 e. The lowest BCUT2D eigenvalue weighted by molar-refractivity contribution is -0.0350. The summed E-state index contributed by atoms with van der Waals surface area (Å²) in [7, 11) is 7.06. The van der Waals surface area contributed by atoms with Gasteiger partial charge in [-0.25, -0.2) is 0 Å². The molecule has 0 heterocycles. The van der Waals surface area contributed by atoms with Crippen LogP contribution in [-0.2, 0) is 0 Å². The van der Waals surface area contributed by atoms with E-state index in [0.29, 0.717) is 11.8 Å². The molecule has 0 spiro atoms. The van der Waals surface area contributed by atoms with Gasteiger partial charge in [0.25, 0.3) is 0 Å². The maximum atomic E-state index is 10.7. The van der Waals surface area contributed by atoms with Crippen LogP contribution in [0.15, 0.2) is 24.3 Å². The number of ether oxygens (including phenoxy) is 2. The minimum atomic E-state index is -0.431. The van der Waals surface area contributed by atoms with E-state index in [1.165, 1.54) is 0 Å². The van der Waals surface area contributed by atoms with Crippen molar-refractivity contribution in [3.8, 4) is 11.5 Å². The number of aliphatic hydroxyl groups is 2. The molecule has 2 fully saturated rings. The van der Waals surface area contributed by atoms with Gasteiger partial charge in [0.2, 0.25) is 0 Å². The van der Waals surface area contributed by atoms with Crippen LogP contribution in [0.3, 0.4) is 0 Å². The first-order valence-electron chi connectivity index (χ1n) is 10.7. The first-order valence-corrected chi connectivity index (χ1v) is 12.1. The lowest BCUT2D eigenvalue weighted by Gasteiger charge is -2.35. The first kappa shape index (κ1) is 21.9. The molecular weight excluding hydrogens is 384 g/mol. The van der Waals surface area contributed by atoms with Crippen LogP contribution in [0.5, 0.6) is 11.5 Å². The third kappa shape index (κ3) is 5.62. The summed E-state index contributed by atoms with van der Waals surface area (Å²) in [6.45, 7) is 0. The van der Waals surface area contributed by atoms with Crippen molar-refractivity contribution in [2.75, 3.05) is 0 Å². The summed E-state index contributed by atoms with van der Waals surface area (Å²) in [6.07, 6.45) is 6.76. The van der Waals surface area contributed by atoms with Gasteiger partial charge in [-0.2, -0.15) is 0 Å². The summed E-state index contributed by atoms with van der Waals surface area (Å²) in [5.41, 5.74) is 0. The molecular formula is C22H32O4Si2. The lowest BCUT2D eigenvalue weighted by Crippen LogP contribution is -2.41. The zero-order valence-corrected chi connectivity index (χ0v) is 18.6. The molecule has 3 rings (SSSR count). The van der Waals surface area contributed by atoms with E-state index in [9.17, 15) is 10.2 Å². The second kappa shape index (κ2) is 10.8. The van der Waals surface area contributed by atoms with Crippen LogP contribution < -0.4 is 9.47 Å². The molecule has 2 N–H and O–H groups in total. The van der Waals surface area contributed by atoms with Crippen LogP contribution in [0, 0.1) is 11.8 Å². The monoisotopic (exact) mass is 416 g/mol. The molecule has 0 aromatic heterocycles. The van der Waals surface area contributed by atoms with Crippen molar-refractivity contribution in [3.05, 3.63) is 24.3 Å². The van der Waals surface area contributed by atoms with E-state index in [0.717, 1.165) is 75.0 Å². The van der Waals surface area contributed by atoms with Gasteiger partial charge in [0, 0.05) is 26.6 Å². The quantitative estimate of drug-likeness (QED) is 0.637. The van der Waals surface area contributed by atoms with Crippen LogP contribution in [0.4, 0.5) is 0 Å². The highest BCUT2D eigenvalue weighted by Crippen LogP contribution is 2.34. The lowest BCUT2D eigenvalue weighted by atomic mass is 9.83. The van der Waals surface area contributed by atoms with Crippen molar-refractivity contribution in [1.82, 2.24) is 0 Å². The average Bonchev–Trinajstić information content (AvgIpc) is 2.69. The molecule has 6 radical (unpaired) electrons. The molecule has 4 nitrogen and oxygen atoms in total. The van der Waals surface area contributed by atoms with Crippen LogP contribution in [0.2, 0.25) is 12.1 Å². The van der Waals surface area contributed by atoms with Gasteiger partial charge in [-0.15, -0.1) is 0 Å². The number of hydrogen-bond acceptors (Lipinski definition) is 4. The van der Waals surface area contributed by atoms with E-state index in [2.05, 4.69) is 20.5 Å². The van der Waals surface area contributed by atoms with Gasteiger partial charge in [0.05, 0.1) is 12.2 Å². The molecule has 6 unspecified atom stereocenters. The van der Waals surface area contributed by atoms with Crippen molar-refractivity contribution < 1.29 is 19.7 Å². The third-order valence-corrected chi connectivity index (χ3v) is 6.84. The van der Waals surface area contributed by atoms with Crippen LogP contribution in [0.1, 0.15) is 51.4 Å². The summed E-state index contributed by atoms with van der Waals surface area (Å²) >= 11 is 0. The van der Waals surface area contributed by atoms with Crippen LogP contribution >= 0.6 is 0 Å². The molecule has 6 heteroatoms. The summed E-state index contributed by atoms with van der Waals surface area (Å²) < 4.78 is 12.3. The van der Waals surface area contributed by atoms with Crippen molar-refractivity contribution >= 4 is 20.5 Å². The highest BCUT2D eigenvalue weighted by molar-refractivity contribution is 6.08. The molecule has 0 amide bonds. The minimum absolute atomic E-state index is 0.171. The molecule has 6 atom stereocenters. The Morgan fingerprint density at radius 1 is 0.786 bits per heavy atom. The fraction of sp³-hybridized carbons (Fsp3) is 0.727. The summed E-state index contributed by atoms with van der Waals surface area (Å²) in [6, 6.07) is 9.44. The molecule has 0 saturated heterocycles. The predicted molar refractivity (Wildman–Crippen MR) is 112 cm³/mol. The topological polar surface area (TPSA) is 58.9 Å². The maximum Gasteiger partial charge on any atom is 0.125 e. The largest absolute Gasteiger partial charge is 0.488 e. The van der Waals surface area contributed by atoms with Crippen LogP contribution in [0.25, 0.3) is 0 Å². The van der Waals surface area contributed by atoms with Crippen molar-refractivity contribution in [2.45, 2.75) is 87.9 Å². The van der Waals surface area contributed by atoms with Gasteiger partial charge >= 0.3 is 0 Å². The minimum Gasteiger partial charge on any atom is -0.488 e. The van der Waals surface area contributed by atoms with E-state index in [4.69, 9.17) is 9.47 Å². The van der Waals surface area contributed by atoms with Crippen molar-refractivity contribution in [3.63, 3.8) is 0 Å². The Morgan fingerprint density at radius 3 is 1.68 bits per heavy atom. The number of hydrogen-bond donors (Lipinski definition) is 2. The molecule has 152 valence electrons. The average molecular weight is 417 g/mol. The number of rotatable bonds is 8. The van der Waals surface area contributed by atoms with E-state index in [-0.39, 0.29) is 12.2 Å². The van der Waals surface area contributed by atoms with Crippen LogP contribution in [-0.4, -0.2) is 55.1 Å². The third-order valence-electron chi connectivity index (χ3n) is 6.27. The maximum absolute atomic E-state index is 10.7. The van der Waals surface area contributed by atoms with E-state index >= 15 is 0 Å². The Balaban J connectivity index is 1.61. The first-order chi connectivity index (χ1) is 13.6. The van der Waals surface area contributed by atoms with Crippen molar-refractivity contribution in [2.24, 2.45) is 11.8 Å². The Morgan fingerprint density at radius 2 is 1.25 bits per heavy atom. The Hall–Kier alpha value is -0.826. The molecule has 2 saturated carbocycles. The zero-order chi connectivity index (χ0) is 19.9. The zero-order valence-electron chi connectivity index (χ0n) is 16.6. The van der Waals surface area contributed by atoms with Gasteiger partial charge in [-0.3, -0.25) is 0 Å².